The van der Waals surface area contributed by atoms with Crippen molar-refractivity contribution in [2.75, 3.05) is 18.0 Å². The number of aliphatic hydroxyl groups excluding tert-OH is 1. The molecule has 166 valence electrons. The van der Waals surface area contributed by atoms with Crippen LogP contribution in [0.5, 0.6) is 0 Å². The van der Waals surface area contributed by atoms with Crippen LogP contribution in [0.4, 0.5) is 5.95 Å². The number of aliphatic hydroxyl groups is 1. The second kappa shape index (κ2) is 8.93. The molecular formula is C19H21N9O4. The van der Waals surface area contributed by atoms with Crippen molar-refractivity contribution in [2.45, 2.75) is 18.6 Å². The van der Waals surface area contributed by atoms with Crippen LogP contribution in [0.25, 0.3) is 16.8 Å². The van der Waals surface area contributed by atoms with Crippen molar-refractivity contribution in [1.82, 2.24) is 39.4 Å². The first-order valence-electron chi connectivity index (χ1n) is 9.73. The molecule has 13 heteroatoms. The quantitative estimate of drug-likeness (QED) is 0.354. The van der Waals surface area contributed by atoms with Crippen LogP contribution < -0.4 is 10.2 Å². The molecule has 3 N–H and O–H groups in total. The van der Waals surface area contributed by atoms with Gasteiger partial charge in [-0.3, -0.25) is 9.59 Å². The van der Waals surface area contributed by atoms with Gasteiger partial charge >= 0.3 is 0 Å². The van der Waals surface area contributed by atoms with Crippen LogP contribution >= 0.6 is 0 Å². The second-order valence-electron chi connectivity index (χ2n) is 7.29. The van der Waals surface area contributed by atoms with Crippen molar-refractivity contribution < 1.29 is 19.8 Å². The monoisotopic (exact) mass is 439 g/mol. The lowest BCUT2D eigenvalue weighted by atomic mass is 10.0. The molecule has 1 fully saturated rings. The Kier molecular flexibility index (Phi) is 5.89. The summed E-state index contributed by atoms with van der Waals surface area (Å²) in [6, 6.07) is 3.19. The SMILES string of the molecule is Cn1cnc2nc(N3C[C@H](O)C[C@H](NC(=O)c4ccc5ncnn5c4)C3)ncc21.O=CO. The number of imidazole rings is 1. The molecule has 4 aromatic rings. The lowest BCUT2D eigenvalue weighted by Gasteiger charge is -2.35. The molecule has 1 saturated heterocycles. The molecule has 2 atom stereocenters. The minimum atomic E-state index is -0.602. The topological polar surface area (TPSA) is 164 Å². The zero-order valence-electron chi connectivity index (χ0n) is 17.1. The molecule has 1 amide bonds. The third-order valence-corrected chi connectivity index (χ3v) is 5.05. The van der Waals surface area contributed by atoms with Crippen LogP contribution in [-0.4, -0.2) is 81.9 Å². The number of nitrogens with zero attached hydrogens (tertiary/aromatic N) is 8. The van der Waals surface area contributed by atoms with Crippen LogP contribution in [0.1, 0.15) is 16.8 Å². The Hall–Kier alpha value is -4.13. The Morgan fingerprint density at radius 3 is 2.88 bits per heavy atom. The van der Waals surface area contributed by atoms with E-state index in [-0.39, 0.29) is 18.4 Å². The van der Waals surface area contributed by atoms with E-state index >= 15 is 0 Å². The Balaban J connectivity index is 0.000000775. The van der Waals surface area contributed by atoms with Gasteiger partial charge in [0, 0.05) is 32.4 Å². The number of aryl methyl sites for hydroxylation is 1. The van der Waals surface area contributed by atoms with E-state index in [1.54, 1.807) is 35.4 Å². The minimum Gasteiger partial charge on any atom is -0.483 e. The maximum atomic E-state index is 12.7. The summed E-state index contributed by atoms with van der Waals surface area (Å²) >= 11 is 0. The van der Waals surface area contributed by atoms with E-state index in [2.05, 4.69) is 30.4 Å². The number of nitrogens with one attached hydrogen (secondary N) is 1. The molecule has 32 heavy (non-hydrogen) atoms. The highest BCUT2D eigenvalue weighted by Gasteiger charge is 2.29. The number of anilines is 1. The largest absolute Gasteiger partial charge is 0.483 e. The summed E-state index contributed by atoms with van der Waals surface area (Å²) in [6.45, 7) is 0.641. The number of carbonyl (C=O) groups is 2. The molecule has 0 saturated carbocycles. The normalized spacial score (nSPS) is 18.2. The first-order chi connectivity index (χ1) is 15.5. The van der Waals surface area contributed by atoms with Gasteiger partial charge in [0.05, 0.1) is 24.2 Å². The average molecular weight is 439 g/mol. The summed E-state index contributed by atoms with van der Waals surface area (Å²) in [4.78, 5) is 40.2. The van der Waals surface area contributed by atoms with Crippen LogP contribution in [0.3, 0.4) is 0 Å². The lowest BCUT2D eigenvalue weighted by Crippen LogP contribution is -2.53. The van der Waals surface area contributed by atoms with Gasteiger partial charge in [-0.2, -0.15) is 10.1 Å². The van der Waals surface area contributed by atoms with E-state index in [1.807, 2.05) is 16.5 Å². The van der Waals surface area contributed by atoms with Crippen molar-refractivity contribution in [2.24, 2.45) is 7.05 Å². The van der Waals surface area contributed by atoms with Crippen LogP contribution in [-0.2, 0) is 11.8 Å². The number of pyridine rings is 1. The predicted molar refractivity (Wildman–Crippen MR) is 112 cm³/mol. The number of amides is 1. The van der Waals surface area contributed by atoms with E-state index in [0.29, 0.717) is 42.3 Å². The van der Waals surface area contributed by atoms with Gasteiger partial charge in [-0.25, -0.2) is 19.5 Å². The predicted octanol–water partition coefficient (Wildman–Crippen LogP) is -0.524. The van der Waals surface area contributed by atoms with Crippen LogP contribution in [0.2, 0.25) is 0 Å². The minimum absolute atomic E-state index is 0.234. The van der Waals surface area contributed by atoms with Gasteiger partial charge in [0.1, 0.15) is 11.8 Å². The zero-order chi connectivity index (χ0) is 22.7. The maximum absolute atomic E-state index is 12.7. The molecule has 4 aromatic heterocycles. The Bertz CT molecular complexity index is 1250. The third kappa shape index (κ3) is 4.32. The molecular weight excluding hydrogens is 418 g/mol. The van der Waals surface area contributed by atoms with E-state index in [1.165, 1.54) is 6.33 Å². The summed E-state index contributed by atoms with van der Waals surface area (Å²) in [5.41, 5.74) is 2.57. The fourth-order valence-electron chi connectivity index (χ4n) is 3.62. The van der Waals surface area contributed by atoms with Gasteiger partial charge in [-0.05, 0) is 18.6 Å². The van der Waals surface area contributed by atoms with E-state index in [9.17, 15) is 9.90 Å². The number of aromatic nitrogens is 7. The highest BCUT2D eigenvalue weighted by Crippen LogP contribution is 2.19. The fourth-order valence-corrected chi connectivity index (χ4v) is 3.62. The number of carboxylic acid groups (broad SMARTS) is 1. The van der Waals surface area contributed by atoms with Gasteiger partial charge in [0.2, 0.25) is 5.95 Å². The number of fused-ring (bicyclic) bond motifs is 2. The van der Waals surface area contributed by atoms with Crippen molar-refractivity contribution >= 4 is 35.1 Å². The van der Waals surface area contributed by atoms with Gasteiger partial charge in [0.15, 0.2) is 11.3 Å². The number of hydrogen-bond acceptors (Lipinski definition) is 9. The number of carbonyl (C=O) groups excluding carboxylic acids is 1. The molecule has 0 aromatic carbocycles. The first kappa shape index (κ1) is 21.1. The highest BCUT2D eigenvalue weighted by molar-refractivity contribution is 5.94. The van der Waals surface area contributed by atoms with Gasteiger partial charge in [-0.1, -0.05) is 0 Å². The summed E-state index contributed by atoms with van der Waals surface area (Å²) in [7, 11) is 1.88. The second-order valence-corrected chi connectivity index (χ2v) is 7.29. The maximum Gasteiger partial charge on any atom is 0.290 e. The number of β-amino-alcohol motifs (C(OH)–C–C–N with tert-alkyl or cyclic N) is 1. The molecule has 1 aliphatic heterocycles. The van der Waals surface area contributed by atoms with Crippen molar-refractivity contribution in [3.63, 3.8) is 0 Å². The number of hydrogen-bond donors (Lipinski definition) is 3. The van der Waals surface area contributed by atoms with Crippen LogP contribution in [0.15, 0.2) is 37.2 Å². The molecule has 13 nitrogen and oxygen atoms in total. The highest BCUT2D eigenvalue weighted by atomic mass is 16.3. The van der Waals surface area contributed by atoms with Crippen LogP contribution in [0, 0.1) is 0 Å². The molecule has 1 aliphatic rings. The standard InChI is InChI=1S/C18H19N9O2.CH2O2/c1-25-10-21-16-14(25)5-19-18(24-16)26-7-12(4-13(28)8-26)23-17(29)11-2-3-15-20-9-22-27(15)6-11;2-1-3/h2-3,5-6,9-10,12-13,28H,4,7-8H2,1H3,(H,23,29);1H,(H,2,3)/t12-,13+;/m0./s1. The summed E-state index contributed by atoms with van der Waals surface area (Å²) in [5, 5.41) is 24.3. The Morgan fingerprint density at radius 2 is 2.06 bits per heavy atom. The van der Waals surface area contributed by atoms with E-state index in [4.69, 9.17) is 9.90 Å². The zero-order valence-corrected chi connectivity index (χ0v) is 17.1. The molecule has 5 heterocycles. The average Bonchev–Trinajstić information content (AvgIpc) is 3.39. The number of piperidine rings is 1. The van der Waals surface area contributed by atoms with Gasteiger partial charge < -0.3 is 25.0 Å². The molecule has 0 bridgehead atoms. The molecule has 0 radical (unpaired) electrons. The fraction of sp³-hybridized carbons (Fsp3) is 0.316. The van der Waals surface area contributed by atoms with Gasteiger partial charge in [-0.15, -0.1) is 0 Å². The van der Waals surface area contributed by atoms with Crippen molar-refractivity contribution in [1.29, 1.82) is 0 Å². The van der Waals surface area contributed by atoms with E-state index < -0.39 is 6.10 Å². The van der Waals surface area contributed by atoms with E-state index in [0.717, 1.165) is 5.52 Å². The summed E-state index contributed by atoms with van der Waals surface area (Å²) in [6.07, 6.45) is 6.32. The summed E-state index contributed by atoms with van der Waals surface area (Å²) in [5.74, 6) is 0.251. The molecule has 0 spiro atoms. The smallest absolute Gasteiger partial charge is 0.290 e. The summed E-state index contributed by atoms with van der Waals surface area (Å²) < 4.78 is 3.39. The Labute approximate surface area is 181 Å². The molecule has 5 rings (SSSR count). The lowest BCUT2D eigenvalue weighted by molar-refractivity contribution is -0.122. The third-order valence-electron chi connectivity index (χ3n) is 5.05. The van der Waals surface area contributed by atoms with Crippen molar-refractivity contribution in [3.05, 3.63) is 42.7 Å². The van der Waals surface area contributed by atoms with Gasteiger partial charge in [0.25, 0.3) is 12.4 Å². The molecule has 0 aliphatic carbocycles. The van der Waals surface area contributed by atoms with Crippen molar-refractivity contribution in [3.8, 4) is 0 Å². The Morgan fingerprint density at radius 1 is 1.25 bits per heavy atom. The number of rotatable bonds is 3. The first-order valence-corrected chi connectivity index (χ1v) is 9.73. The molecule has 0 unspecified atom stereocenters.